The Labute approximate surface area is 164 Å². The Morgan fingerprint density at radius 2 is 1.62 bits per heavy atom. The molecule has 26 heavy (non-hydrogen) atoms. The van der Waals surface area contributed by atoms with Gasteiger partial charge < -0.3 is 15.4 Å². The predicted molar refractivity (Wildman–Crippen MR) is 114 cm³/mol. The van der Waals surface area contributed by atoms with Crippen molar-refractivity contribution in [2.24, 2.45) is 0 Å². The number of hydrogen-bond donors (Lipinski definition) is 2. The van der Waals surface area contributed by atoms with E-state index in [0.29, 0.717) is 15.9 Å². The summed E-state index contributed by atoms with van der Waals surface area (Å²) in [4.78, 5) is 0. The third-order valence-corrected chi connectivity index (χ3v) is 4.35. The standard InChI is InChI=1S/C21H19ClN2OS/c1-25-20-12-11-17(22)14-19(20)24-21(26)23-18-10-6-5-9-16(18)13-15-7-3-2-4-8-15/h2-12,14H,13H2,1H3,(H2,23,24,26). The fourth-order valence-electron chi connectivity index (χ4n) is 2.67. The van der Waals surface area contributed by atoms with Crippen molar-refractivity contribution < 1.29 is 4.74 Å². The monoisotopic (exact) mass is 382 g/mol. The highest BCUT2D eigenvalue weighted by molar-refractivity contribution is 7.80. The number of halogens is 1. The number of thiocarbonyl (C=S) groups is 1. The van der Waals surface area contributed by atoms with Crippen molar-refractivity contribution >= 4 is 40.3 Å². The van der Waals surface area contributed by atoms with Crippen LogP contribution >= 0.6 is 23.8 Å². The van der Waals surface area contributed by atoms with Crippen LogP contribution in [0.2, 0.25) is 5.02 Å². The average Bonchev–Trinajstić information content (AvgIpc) is 2.64. The Hall–Kier alpha value is -2.56. The summed E-state index contributed by atoms with van der Waals surface area (Å²) in [7, 11) is 1.61. The van der Waals surface area contributed by atoms with Gasteiger partial charge in [-0.2, -0.15) is 0 Å². The van der Waals surface area contributed by atoms with Crippen LogP contribution in [0.5, 0.6) is 5.75 Å². The normalized spacial score (nSPS) is 10.2. The Balaban J connectivity index is 1.75. The molecule has 0 aromatic heterocycles. The summed E-state index contributed by atoms with van der Waals surface area (Å²) >= 11 is 11.5. The molecule has 0 unspecified atom stereocenters. The molecule has 0 spiro atoms. The van der Waals surface area contributed by atoms with Gasteiger partial charge in [0, 0.05) is 10.7 Å². The molecule has 0 fully saturated rings. The Morgan fingerprint density at radius 1 is 0.923 bits per heavy atom. The van der Waals surface area contributed by atoms with Gasteiger partial charge in [0.1, 0.15) is 5.75 Å². The number of para-hydroxylation sites is 1. The molecule has 5 heteroatoms. The van der Waals surface area contributed by atoms with Crippen LogP contribution in [0.25, 0.3) is 0 Å². The Bertz CT molecular complexity index is 900. The summed E-state index contributed by atoms with van der Waals surface area (Å²) in [6.07, 6.45) is 0.827. The molecule has 0 aliphatic heterocycles. The van der Waals surface area contributed by atoms with E-state index in [9.17, 15) is 0 Å². The molecule has 0 aliphatic carbocycles. The summed E-state index contributed by atoms with van der Waals surface area (Å²) in [6.45, 7) is 0. The molecule has 0 amide bonds. The van der Waals surface area contributed by atoms with Gasteiger partial charge >= 0.3 is 0 Å². The summed E-state index contributed by atoms with van der Waals surface area (Å²) in [5, 5.41) is 7.51. The minimum absolute atomic E-state index is 0.478. The van der Waals surface area contributed by atoms with Gasteiger partial charge in [0.2, 0.25) is 0 Å². The number of nitrogens with one attached hydrogen (secondary N) is 2. The molecule has 0 bridgehead atoms. The number of anilines is 2. The number of benzene rings is 3. The summed E-state index contributed by atoms with van der Waals surface area (Å²) in [5.41, 5.74) is 4.10. The highest BCUT2D eigenvalue weighted by atomic mass is 35.5. The lowest BCUT2D eigenvalue weighted by Gasteiger charge is -2.16. The van der Waals surface area contributed by atoms with Gasteiger partial charge in [0.15, 0.2) is 5.11 Å². The van der Waals surface area contributed by atoms with Gasteiger partial charge in [-0.25, -0.2) is 0 Å². The lowest BCUT2D eigenvalue weighted by Crippen LogP contribution is -2.20. The van der Waals surface area contributed by atoms with Gasteiger partial charge in [0.25, 0.3) is 0 Å². The first kappa shape index (κ1) is 18.2. The van der Waals surface area contributed by atoms with E-state index in [2.05, 4.69) is 28.8 Å². The molecule has 132 valence electrons. The quantitative estimate of drug-likeness (QED) is 0.550. The molecule has 3 nitrogen and oxygen atoms in total. The molecule has 3 rings (SSSR count). The van der Waals surface area contributed by atoms with Crippen molar-refractivity contribution in [2.75, 3.05) is 17.7 Å². The van der Waals surface area contributed by atoms with Crippen LogP contribution in [0.15, 0.2) is 72.8 Å². The Morgan fingerprint density at radius 3 is 2.38 bits per heavy atom. The van der Waals surface area contributed by atoms with Crippen molar-refractivity contribution in [1.82, 2.24) is 0 Å². The van der Waals surface area contributed by atoms with Crippen molar-refractivity contribution in [3.63, 3.8) is 0 Å². The lowest BCUT2D eigenvalue weighted by molar-refractivity contribution is 0.417. The highest BCUT2D eigenvalue weighted by Gasteiger charge is 2.08. The van der Waals surface area contributed by atoms with Gasteiger partial charge in [0.05, 0.1) is 12.8 Å². The topological polar surface area (TPSA) is 33.3 Å². The van der Waals surface area contributed by atoms with Crippen LogP contribution in [-0.4, -0.2) is 12.2 Å². The minimum atomic E-state index is 0.478. The average molecular weight is 383 g/mol. The SMILES string of the molecule is COc1ccc(Cl)cc1NC(=S)Nc1ccccc1Cc1ccccc1. The first-order chi connectivity index (χ1) is 12.7. The van der Waals surface area contributed by atoms with E-state index in [4.69, 9.17) is 28.6 Å². The molecule has 0 heterocycles. The maximum absolute atomic E-state index is 6.07. The molecule has 0 atom stereocenters. The van der Waals surface area contributed by atoms with Crippen LogP contribution in [0.3, 0.4) is 0 Å². The summed E-state index contributed by atoms with van der Waals surface area (Å²) in [5.74, 6) is 0.677. The van der Waals surface area contributed by atoms with Crippen LogP contribution in [0.1, 0.15) is 11.1 Å². The van der Waals surface area contributed by atoms with Crippen LogP contribution < -0.4 is 15.4 Å². The van der Waals surface area contributed by atoms with Crippen molar-refractivity contribution in [3.8, 4) is 5.75 Å². The molecule has 0 saturated carbocycles. The van der Waals surface area contributed by atoms with E-state index in [0.717, 1.165) is 17.8 Å². The summed E-state index contributed by atoms with van der Waals surface area (Å²) in [6, 6.07) is 23.8. The number of rotatable bonds is 5. The van der Waals surface area contributed by atoms with Crippen molar-refractivity contribution in [1.29, 1.82) is 0 Å². The fourth-order valence-corrected chi connectivity index (χ4v) is 3.06. The fraction of sp³-hybridized carbons (Fsp3) is 0.0952. The molecule has 3 aromatic rings. The zero-order chi connectivity index (χ0) is 18.4. The van der Waals surface area contributed by atoms with E-state index < -0.39 is 0 Å². The molecule has 0 saturated heterocycles. The maximum Gasteiger partial charge on any atom is 0.175 e. The van der Waals surface area contributed by atoms with E-state index in [1.165, 1.54) is 11.1 Å². The maximum atomic E-state index is 6.07. The predicted octanol–water partition coefficient (Wildman–Crippen LogP) is 5.75. The van der Waals surface area contributed by atoms with Gasteiger partial charge in [-0.05, 0) is 54.0 Å². The van der Waals surface area contributed by atoms with E-state index in [-0.39, 0.29) is 0 Å². The van der Waals surface area contributed by atoms with E-state index >= 15 is 0 Å². The van der Waals surface area contributed by atoms with E-state index in [1.54, 1.807) is 25.3 Å². The zero-order valence-electron chi connectivity index (χ0n) is 14.3. The molecule has 2 N–H and O–H groups in total. The first-order valence-electron chi connectivity index (χ1n) is 8.19. The molecule has 3 aromatic carbocycles. The smallest absolute Gasteiger partial charge is 0.175 e. The molecular weight excluding hydrogens is 364 g/mol. The second-order valence-electron chi connectivity index (χ2n) is 5.74. The largest absolute Gasteiger partial charge is 0.495 e. The zero-order valence-corrected chi connectivity index (χ0v) is 15.9. The molecular formula is C21H19ClN2OS. The summed E-state index contributed by atoms with van der Waals surface area (Å²) < 4.78 is 5.35. The number of hydrogen-bond acceptors (Lipinski definition) is 2. The van der Waals surface area contributed by atoms with Crippen molar-refractivity contribution in [3.05, 3.63) is 88.9 Å². The third kappa shape index (κ3) is 4.75. The van der Waals surface area contributed by atoms with Crippen molar-refractivity contribution in [2.45, 2.75) is 6.42 Å². The van der Waals surface area contributed by atoms with Gasteiger partial charge in [-0.15, -0.1) is 0 Å². The van der Waals surface area contributed by atoms with Gasteiger partial charge in [-0.3, -0.25) is 0 Å². The van der Waals surface area contributed by atoms with Crippen LogP contribution in [0.4, 0.5) is 11.4 Å². The first-order valence-corrected chi connectivity index (χ1v) is 8.97. The Kier molecular flexibility index (Phi) is 6.10. The number of methoxy groups -OCH3 is 1. The van der Waals surface area contributed by atoms with E-state index in [1.807, 2.05) is 36.4 Å². The van der Waals surface area contributed by atoms with Crippen LogP contribution in [-0.2, 0) is 6.42 Å². The third-order valence-electron chi connectivity index (χ3n) is 3.91. The second kappa shape index (κ2) is 8.70. The van der Waals surface area contributed by atoms with Gasteiger partial charge in [-0.1, -0.05) is 60.1 Å². The van der Waals surface area contributed by atoms with Crippen LogP contribution in [0, 0.1) is 0 Å². The lowest BCUT2D eigenvalue weighted by atomic mass is 10.0. The minimum Gasteiger partial charge on any atom is -0.495 e. The highest BCUT2D eigenvalue weighted by Crippen LogP contribution is 2.28. The molecule has 0 radical (unpaired) electrons. The number of ether oxygens (including phenoxy) is 1. The second-order valence-corrected chi connectivity index (χ2v) is 6.59. The molecule has 0 aliphatic rings.